The number of hydrogen-bond donors (Lipinski definition) is 1. The normalized spacial score (nSPS) is 14.9. The summed E-state index contributed by atoms with van der Waals surface area (Å²) in [6.07, 6.45) is -0.971. The third-order valence-corrected chi connectivity index (χ3v) is 5.01. The number of rotatable bonds is 4. The van der Waals surface area contributed by atoms with Gasteiger partial charge >= 0.3 is 12.0 Å². The highest BCUT2D eigenvalue weighted by atomic mass is 35.5. The van der Waals surface area contributed by atoms with Crippen LogP contribution in [0.15, 0.2) is 47.4 Å². The molecule has 2 aromatic carbocycles. The Morgan fingerprint density at radius 2 is 1.92 bits per heavy atom. The van der Waals surface area contributed by atoms with Crippen molar-refractivity contribution >= 4 is 46.9 Å². The zero-order chi connectivity index (χ0) is 18.1. The lowest BCUT2D eigenvalue weighted by Gasteiger charge is -2.33. The minimum Gasteiger partial charge on any atom is -0.479 e. The molecule has 0 saturated carbocycles. The van der Waals surface area contributed by atoms with Crippen molar-refractivity contribution in [3.05, 3.63) is 47.5 Å². The standard InChI is InChI=1S/C17H15ClN2O4S/c1-10(16(21)22)24-13-7-8-15-14(9-13)19(2)17(23)20(25-15)12-5-3-11(18)4-6-12/h3-10H,1-2H3,(H,21,22)/t10-/m0/s1. The van der Waals surface area contributed by atoms with Gasteiger partial charge in [-0.15, -0.1) is 0 Å². The Morgan fingerprint density at radius 3 is 2.56 bits per heavy atom. The zero-order valence-corrected chi connectivity index (χ0v) is 15.0. The summed E-state index contributed by atoms with van der Waals surface area (Å²) < 4.78 is 6.94. The van der Waals surface area contributed by atoms with Crippen molar-refractivity contribution in [2.24, 2.45) is 0 Å². The summed E-state index contributed by atoms with van der Waals surface area (Å²) in [5.41, 5.74) is 1.38. The molecule has 0 unspecified atom stereocenters. The van der Waals surface area contributed by atoms with Gasteiger partial charge in [-0.05, 0) is 55.3 Å². The van der Waals surface area contributed by atoms with E-state index in [9.17, 15) is 9.59 Å². The molecule has 1 heterocycles. The topological polar surface area (TPSA) is 70.1 Å². The van der Waals surface area contributed by atoms with Crippen LogP contribution in [0.4, 0.5) is 16.2 Å². The van der Waals surface area contributed by atoms with E-state index in [2.05, 4.69) is 0 Å². The first-order valence-corrected chi connectivity index (χ1v) is 8.57. The van der Waals surface area contributed by atoms with Gasteiger partial charge in [-0.1, -0.05) is 11.6 Å². The van der Waals surface area contributed by atoms with Gasteiger partial charge in [-0.2, -0.15) is 0 Å². The first-order chi connectivity index (χ1) is 11.9. The Bertz CT molecular complexity index is 828. The maximum Gasteiger partial charge on any atom is 0.344 e. The number of carboxylic acid groups (broad SMARTS) is 1. The maximum absolute atomic E-state index is 12.7. The van der Waals surface area contributed by atoms with Crippen LogP contribution < -0.4 is 13.9 Å². The van der Waals surface area contributed by atoms with Crippen LogP contribution in [0.5, 0.6) is 5.75 Å². The molecule has 0 aromatic heterocycles. The number of halogens is 1. The SMILES string of the molecule is C[C@H](Oc1ccc2c(c1)N(C)C(=O)N(c1ccc(Cl)cc1)S2)C(=O)O. The zero-order valence-electron chi connectivity index (χ0n) is 13.5. The number of amides is 2. The first kappa shape index (κ1) is 17.4. The average Bonchev–Trinajstić information content (AvgIpc) is 2.59. The molecule has 1 atom stereocenters. The molecule has 0 saturated heterocycles. The van der Waals surface area contributed by atoms with Crippen LogP contribution in [0.2, 0.25) is 5.02 Å². The second-order valence-electron chi connectivity index (χ2n) is 5.43. The van der Waals surface area contributed by atoms with Gasteiger partial charge in [-0.25, -0.2) is 13.9 Å². The Balaban J connectivity index is 1.89. The molecule has 2 aromatic rings. The van der Waals surface area contributed by atoms with Crippen molar-refractivity contribution < 1.29 is 19.4 Å². The number of carbonyl (C=O) groups is 2. The highest BCUT2D eigenvalue weighted by Crippen LogP contribution is 2.42. The van der Waals surface area contributed by atoms with Crippen LogP contribution in [-0.2, 0) is 4.79 Å². The molecule has 3 rings (SSSR count). The molecular weight excluding hydrogens is 364 g/mol. The highest BCUT2D eigenvalue weighted by Gasteiger charge is 2.30. The predicted octanol–water partition coefficient (Wildman–Crippen LogP) is 4.28. The van der Waals surface area contributed by atoms with Gasteiger partial charge < -0.3 is 9.84 Å². The molecule has 1 aliphatic rings. The Kier molecular flexibility index (Phi) is 4.78. The second-order valence-corrected chi connectivity index (χ2v) is 6.86. The van der Waals surface area contributed by atoms with Crippen LogP contribution in [0.25, 0.3) is 0 Å². The fourth-order valence-corrected chi connectivity index (χ4v) is 3.45. The Hall–Kier alpha value is -2.38. The quantitative estimate of drug-likeness (QED) is 0.804. The largest absolute Gasteiger partial charge is 0.479 e. The van der Waals surface area contributed by atoms with Crippen LogP contribution in [-0.4, -0.2) is 30.3 Å². The van der Waals surface area contributed by atoms with Gasteiger partial charge in [0, 0.05) is 18.1 Å². The number of urea groups is 1. The Morgan fingerprint density at radius 1 is 1.24 bits per heavy atom. The number of anilines is 2. The van der Waals surface area contributed by atoms with Gasteiger partial charge in [0.05, 0.1) is 16.3 Å². The first-order valence-electron chi connectivity index (χ1n) is 7.41. The number of fused-ring (bicyclic) bond motifs is 1. The summed E-state index contributed by atoms with van der Waals surface area (Å²) in [6, 6.07) is 11.9. The van der Waals surface area contributed by atoms with E-state index in [0.717, 1.165) is 10.6 Å². The average molecular weight is 379 g/mol. The lowest BCUT2D eigenvalue weighted by atomic mass is 10.2. The number of hydrogen-bond acceptors (Lipinski definition) is 4. The van der Waals surface area contributed by atoms with E-state index in [1.165, 1.54) is 23.8 Å². The van der Waals surface area contributed by atoms with Gasteiger partial charge in [0.2, 0.25) is 0 Å². The number of carbonyl (C=O) groups excluding carboxylic acids is 1. The van der Waals surface area contributed by atoms with Crippen LogP contribution >= 0.6 is 23.5 Å². The molecule has 130 valence electrons. The summed E-state index contributed by atoms with van der Waals surface area (Å²) in [5, 5.41) is 9.54. The molecular formula is C17H15ClN2O4S. The van der Waals surface area contributed by atoms with Crippen molar-refractivity contribution in [1.82, 2.24) is 0 Å². The molecule has 1 N–H and O–H groups in total. The van der Waals surface area contributed by atoms with Gasteiger partial charge in [-0.3, -0.25) is 4.90 Å². The van der Waals surface area contributed by atoms with Crippen molar-refractivity contribution in [3.63, 3.8) is 0 Å². The molecule has 0 fully saturated rings. The summed E-state index contributed by atoms with van der Waals surface area (Å²) in [5.74, 6) is -0.653. The van der Waals surface area contributed by atoms with Crippen molar-refractivity contribution in [2.45, 2.75) is 17.9 Å². The summed E-state index contributed by atoms with van der Waals surface area (Å²) >= 11 is 7.19. The molecule has 0 bridgehead atoms. The van der Waals surface area contributed by atoms with Gasteiger partial charge in [0.15, 0.2) is 6.10 Å². The maximum atomic E-state index is 12.7. The van der Waals surface area contributed by atoms with E-state index in [1.807, 2.05) is 0 Å². The molecule has 0 aliphatic carbocycles. The van der Waals surface area contributed by atoms with E-state index in [-0.39, 0.29) is 6.03 Å². The van der Waals surface area contributed by atoms with E-state index in [4.69, 9.17) is 21.4 Å². The second kappa shape index (κ2) is 6.85. The molecule has 0 radical (unpaired) electrons. The van der Waals surface area contributed by atoms with E-state index < -0.39 is 12.1 Å². The van der Waals surface area contributed by atoms with Crippen LogP contribution in [0, 0.1) is 0 Å². The smallest absolute Gasteiger partial charge is 0.344 e. The monoisotopic (exact) mass is 378 g/mol. The summed E-state index contributed by atoms with van der Waals surface area (Å²) in [4.78, 5) is 26.0. The third kappa shape index (κ3) is 3.52. The van der Waals surface area contributed by atoms with Gasteiger partial charge in [0.25, 0.3) is 0 Å². The van der Waals surface area contributed by atoms with Crippen LogP contribution in [0.3, 0.4) is 0 Å². The number of benzene rings is 2. The fourth-order valence-electron chi connectivity index (χ4n) is 2.28. The van der Waals surface area contributed by atoms with E-state index in [1.54, 1.807) is 53.8 Å². The molecule has 8 heteroatoms. The highest BCUT2D eigenvalue weighted by molar-refractivity contribution is 8.01. The molecule has 1 aliphatic heterocycles. The van der Waals surface area contributed by atoms with Crippen LogP contribution in [0.1, 0.15) is 6.92 Å². The van der Waals surface area contributed by atoms with E-state index >= 15 is 0 Å². The lowest BCUT2D eigenvalue weighted by Crippen LogP contribution is -2.40. The van der Waals surface area contributed by atoms with Gasteiger partial charge in [0.1, 0.15) is 5.75 Å². The Labute approximate surface area is 154 Å². The third-order valence-electron chi connectivity index (χ3n) is 3.66. The molecule has 25 heavy (non-hydrogen) atoms. The summed E-state index contributed by atoms with van der Waals surface area (Å²) in [6.45, 7) is 1.45. The number of nitrogens with zero attached hydrogens (tertiary/aromatic N) is 2. The molecule has 6 nitrogen and oxygen atoms in total. The molecule has 2 amide bonds. The van der Waals surface area contributed by atoms with Crippen molar-refractivity contribution in [3.8, 4) is 5.75 Å². The predicted molar refractivity (Wildman–Crippen MR) is 97.8 cm³/mol. The van der Waals surface area contributed by atoms with Crippen molar-refractivity contribution in [1.29, 1.82) is 0 Å². The summed E-state index contributed by atoms with van der Waals surface area (Å²) in [7, 11) is 1.66. The molecule has 0 spiro atoms. The minimum absolute atomic E-state index is 0.219. The number of ether oxygens (including phenoxy) is 1. The number of aliphatic carboxylic acids is 1. The van der Waals surface area contributed by atoms with E-state index in [0.29, 0.717) is 16.5 Å². The fraction of sp³-hybridized carbons (Fsp3) is 0.176. The van der Waals surface area contributed by atoms with Crippen molar-refractivity contribution in [2.75, 3.05) is 16.3 Å². The minimum atomic E-state index is -1.05. The lowest BCUT2D eigenvalue weighted by molar-refractivity contribution is -0.144. The number of carboxylic acids is 1.